The fourth-order valence-electron chi connectivity index (χ4n) is 2.14. The molecule has 1 aromatic rings. The smallest absolute Gasteiger partial charge is 0.291 e. The van der Waals surface area contributed by atoms with Crippen LogP contribution in [-0.4, -0.2) is 37.8 Å². The van der Waals surface area contributed by atoms with Gasteiger partial charge in [0.05, 0.1) is 4.92 Å². The van der Waals surface area contributed by atoms with Crippen molar-refractivity contribution in [2.24, 2.45) is 0 Å². The van der Waals surface area contributed by atoms with Gasteiger partial charge in [0.1, 0.15) is 0 Å². The van der Waals surface area contributed by atoms with Crippen molar-refractivity contribution in [3.63, 3.8) is 0 Å². The van der Waals surface area contributed by atoms with Crippen LogP contribution < -0.4 is 5.32 Å². The van der Waals surface area contributed by atoms with Crippen LogP contribution in [0.4, 0.5) is 11.4 Å². The summed E-state index contributed by atoms with van der Waals surface area (Å²) in [5, 5.41) is 13.9. The van der Waals surface area contributed by atoms with Gasteiger partial charge in [-0.05, 0) is 25.0 Å². The Hall–Kier alpha value is -1.67. The van der Waals surface area contributed by atoms with E-state index in [-0.39, 0.29) is 10.9 Å². The van der Waals surface area contributed by atoms with Crippen LogP contribution in [0.15, 0.2) is 23.1 Å². The van der Waals surface area contributed by atoms with Gasteiger partial charge in [0.15, 0.2) is 4.90 Å². The highest BCUT2D eigenvalue weighted by atomic mass is 32.2. The molecule has 20 heavy (non-hydrogen) atoms. The van der Waals surface area contributed by atoms with E-state index in [1.54, 1.807) is 7.05 Å². The van der Waals surface area contributed by atoms with Gasteiger partial charge in [0.25, 0.3) is 5.69 Å². The van der Waals surface area contributed by atoms with Crippen molar-refractivity contribution >= 4 is 21.4 Å². The third-order valence-electron chi connectivity index (χ3n) is 3.69. The summed E-state index contributed by atoms with van der Waals surface area (Å²) in [5.74, 6) is 0. The molecule has 0 saturated heterocycles. The van der Waals surface area contributed by atoms with E-state index in [0.29, 0.717) is 5.69 Å². The molecule has 0 bridgehead atoms. The second-order valence-corrected chi connectivity index (χ2v) is 6.76. The molecule has 2 rings (SSSR count). The molecule has 0 heterocycles. The van der Waals surface area contributed by atoms with E-state index in [9.17, 15) is 18.5 Å². The number of anilines is 1. The first-order valence-electron chi connectivity index (χ1n) is 6.32. The minimum Gasteiger partial charge on any atom is -0.388 e. The molecule has 110 valence electrons. The first-order chi connectivity index (χ1) is 9.37. The maximum Gasteiger partial charge on any atom is 0.291 e. The molecule has 1 N–H and O–H groups in total. The fraction of sp³-hybridized carbons (Fsp3) is 0.500. The van der Waals surface area contributed by atoms with Crippen LogP contribution in [0.5, 0.6) is 0 Å². The van der Waals surface area contributed by atoms with Crippen LogP contribution >= 0.6 is 0 Å². The Labute approximate surface area is 117 Å². The van der Waals surface area contributed by atoms with Crippen molar-refractivity contribution < 1.29 is 13.3 Å². The molecule has 0 aliphatic heterocycles. The number of nitrogens with one attached hydrogen (secondary N) is 1. The maximum atomic E-state index is 12.5. The second-order valence-electron chi connectivity index (χ2n) is 4.80. The average molecular weight is 299 g/mol. The number of rotatable bonds is 5. The van der Waals surface area contributed by atoms with Gasteiger partial charge in [0.2, 0.25) is 10.0 Å². The lowest BCUT2D eigenvalue weighted by Gasteiger charge is -2.33. The third kappa shape index (κ3) is 2.48. The Morgan fingerprint density at radius 1 is 1.40 bits per heavy atom. The zero-order chi connectivity index (χ0) is 14.9. The Kier molecular flexibility index (Phi) is 3.96. The third-order valence-corrected chi connectivity index (χ3v) is 5.65. The maximum absolute atomic E-state index is 12.5. The summed E-state index contributed by atoms with van der Waals surface area (Å²) in [5.41, 5.74) is 0.102. The van der Waals surface area contributed by atoms with Crippen molar-refractivity contribution in [1.82, 2.24) is 4.31 Å². The van der Waals surface area contributed by atoms with E-state index in [2.05, 4.69) is 5.32 Å². The van der Waals surface area contributed by atoms with Crippen molar-refractivity contribution in [3.05, 3.63) is 28.3 Å². The minimum atomic E-state index is -3.84. The van der Waals surface area contributed by atoms with Gasteiger partial charge in [0, 0.05) is 31.9 Å². The summed E-state index contributed by atoms with van der Waals surface area (Å²) in [4.78, 5) is 10.2. The normalized spacial score (nSPS) is 15.9. The number of hydrogen-bond donors (Lipinski definition) is 1. The molecule has 0 unspecified atom stereocenters. The Morgan fingerprint density at radius 3 is 2.50 bits per heavy atom. The molecule has 1 aliphatic carbocycles. The Balaban J connectivity index is 2.47. The molecule has 1 aromatic carbocycles. The molecule has 0 radical (unpaired) electrons. The van der Waals surface area contributed by atoms with E-state index < -0.39 is 20.6 Å². The van der Waals surface area contributed by atoms with Crippen LogP contribution in [0.2, 0.25) is 0 Å². The molecule has 8 heteroatoms. The molecule has 1 saturated carbocycles. The van der Waals surface area contributed by atoms with Gasteiger partial charge in [-0.2, -0.15) is 4.31 Å². The highest BCUT2D eigenvalue weighted by Gasteiger charge is 2.35. The lowest BCUT2D eigenvalue weighted by molar-refractivity contribution is -0.387. The molecule has 7 nitrogen and oxygen atoms in total. The average Bonchev–Trinajstić information content (AvgIpc) is 2.35. The first kappa shape index (κ1) is 14.7. The van der Waals surface area contributed by atoms with E-state index in [4.69, 9.17) is 0 Å². The van der Waals surface area contributed by atoms with Crippen LogP contribution in [0.25, 0.3) is 0 Å². The standard InChI is InChI=1S/C12H17N3O4S/c1-13-9-6-7-12(11(8-9)15(16)17)20(18,19)14(2)10-4-3-5-10/h6-8,10,13H,3-5H2,1-2H3. The van der Waals surface area contributed by atoms with Crippen molar-refractivity contribution in [2.75, 3.05) is 19.4 Å². The summed E-state index contributed by atoms with van der Waals surface area (Å²) in [6.07, 6.45) is 2.60. The molecular formula is C12H17N3O4S. The monoisotopic (exact) mass is 299 g/mol. The molecule has 1 fully saturated rings. The number of nitrogens with zero attached hydrogens (tertiary/aromatic N) is 2. The molecule has 1 aliphatic rings. The van der Waals surface area contributed by atoms with Crippen LogP contribution in [0, 0.1) is 10.1 Å². The molecule has 0 aromatic heterocycles. The van der Waals surface area contributed by atoms with Gasteiger partial charge in [-0.3, -0.25) is 10.1 Å². The lowest BCUT2D eigenvalue weighted by atomic mass is 9.94. The molecular weight excluding hydrogens is 282 g/mol. The topological polar surface area (TPSA) is 92.6 Å². The van der Waals surface area contributed by atoms with E-state index in [1.165, 1.54) is 29.6 Å². The van der Waals surface area contributed by atoms with Crippen molar-refractivity contribution in [3.8, 4) is 0 Å². The van der Waals surface area contributed by atoms with Crippen LogP contribution in [0.3, 0.4) is 0 Å². The van der Waals surface area contributed by atoms with Crippen LogP contribution in [0.1, 0.15) is 19.3 Å². The summed E-state index contributed by atoms with van der Waals surface area (Å²) in [7, 11) is -0.736. The van der Waals surface area contributed by atoms with Gasteiger partial charge in [-0.25, -0.2) is 8.42 Å². The van der Waals surface area contributed by atoms with Gasteiger partial charge >= 0.3 is 0 Å². The summed E-state index contributed by atoms with van der Waals surface area (Å²) < 4.78 is 26.2. The number of hydrogen-bond acceptors (Lipinski definition) is 5. The Bertz CT molecular complexity index is 626. The summed E-state index contributed by atoms with van der Waals surface area (Å²) in [6.45, 7) is 0. The SMILES string of the molecule is CNc1ccc(S(=O)(=O)N(C)C2CCC2)c([N+](=O)[O-])c1. The highest BCUT2D eigenvalue weighted by molar-refractivity contribution is 7.89. The zero-order valence-electron chi connectivity index (χ0n) is 11.4. The largest absolute Gasteiger partial charge is 0.388 e. The predicted molar refractivity (Wildman–Crippen MR) is 75.2 cm³/mol. The van der Waals surface area contributed by atoms with Gasteiger partial charge in [-0.1, -0.05) is 6.42 Å². The highest BCUT2D eigenvalue weighted by Crippen LogP contribution is 2.33. The molecule has 0 atom stereocenters. The number of nitro groups is 1. The summed E-state index contributed by atoms with van der Waals surface area (Å²) >= 11 is 0. The van der Waals surface area contributed by atoms with Crippen LogP contribution in [-0.2, 0) is 10.0 Å². The van der Waals surface area contributed by atoms with Crippen molar-refractivity contribution in [1.29, 1.82) is 0 Å². The predicted octanol–water partition coefficient (Wildman–Crippen LogP) is 1.81. The second kappa shape index (κ2) is 5.37. The number of nitro benzene ring substituents is 1. The van der Waals surface area contributed by atoms with E-state index in [1.807, 2.05) is 0 Å². The zero-order valence-corrected chi connectivity index (χ0v) is 12.2. The molecule has 0 spiro atoms. The molecule has 0 amide bonds. The van der Waals surface area contributed by atoms with Gasteiger partial charge < -0.3 is 5.32 Å². The lowest BCUT2D eigenvalue weighted by Crippen LogP contribution is -2.41. The van der Waals surface area contributed by atoms with E-state index in [0.717, 1.165) is 19.3 Å². The van der Waals surface area contributed by atoms with E-state index >= 15 is 0 Å². The minimum absolute atomic E-state index is 0.0522. The summed E-state index contributed by atoms with van der Waals surface area (Å²) in [6, 6.07) is 3.99. The quantitative estimate of drug-likeness (QED) is 0.661. The fourth-order valence-corrected chi connectivity index (χ4v) is 3.69. The first-order valence-corrected chi connectivity index (χ1v) is 7.76. The Morgan fingerprint density at radius 2 is 2.05 bits per heavy atom. The number of benzene rings is 1. The van der Waals surface area contributed by atoms with Gasteiger partial charge in [-0.15, -0.1) is 0 Å². The number of sulfonamides is 1. The van der Waals surface area contributed by atoms with Crippen molar-refractivity contribution in [2.45, 2.75) is 30.2 Å².